The van der Waals surface area contributed by atoms with Gasteiger partial charge in [0.1, 0.15) is 12.4 Å². The molecule has 0 saturated heterocycles. The summed E-state index contributed by atoms with van der Waals surface area (Å²) in [6, 6.07) is 21.5. The van der Waals surface area contributed by atoms with Gasteiger partial charge in [-0.3, -0.25) is 0 Å². The summed E-state index contributed by atoms with van der Waals surface area (Å²) in [5.74, 6) is 1.24. The van der Waals surface area contributed by atoms with Crippen molar-refractivity contribution in [3.8, 4) is 0 Å². The number of nitrogens with zero attached hydrogens (tertiary/aromatic N) is 2. The van der Waals surface area contributed by atoms with Crippen molar-refractivity contribution in [2.45, 2.75) is 13.0 Å². The Hall–Kier alpha value is -2.35. The second-order valence-electron chi connectivity index (χ2n) is 5.09. The van der Waals surface area contributed by atoms with Gasteiger partial charge in [0.05, 0.1) is 7.05 Å². The number of aromatic nitrogens is 2. The van der Waals surface area contributed by atoms with Gasteiger partial charge >= 0.3 is 0 Å². The molecule has 0 spiro atoms. The first-order valence-corrected chi connectivity index (χ1v) is 6.90. The van der Waals surface area contributed by atoms with E-state index in [4.69, 9.17) is 0 Å². The third-order valence-electron chi connectivity index (χ3n) is 3.84. The third-order valence-corrected chi connectivity index (χ3v) is 3.84. The van der Waals surface area contributed by atoms with Gasteiger partial charge in [0.25, 0.3) is 5.82 Å². The lowest BCUT2D eigenvalue weighted by atomic mass is 9.98. The molecule has 0 aliphatic carbocycles. The Morgan fingerprint density at radius 3 is 1.75 bits per heavy atom. The number of hydrogen-bond acceptors (Lipinski definition) is 0. The average Bonchev–Trinajstić information content (AvgIpc) is 2.82. The van der Waals surface area contributed by atoms with Crippen LogP contribution in [0.25, 0.3) is 0 Å². The van der Waals surface area contributed by atoms with Crippen molar-refractivity contribution in [1.82, 2.24) is 4.57 Å². The molecule has 0 N–H and O–H groups in total. The van der Waals surface area contributed by atoms with Gasteiger partial charge in [0, 0.05) is 18.1 Å². The summed E-state index contributed by atoms with van der Waals surface area (Å²) in [4.78, 5) is 0. The van der Waals surface area contributed by atoms with Gasteiger partial charge < -0.3 is 0 Å². The Labute approximate surface area is 119 Å². The predicted octanol–water partition coefficient (Wildman–Crippen LogP) is 3.26. The van der Waals surface area contributed by atoms with E-state index in [1.165, 1.54) is 17.0 Å². The summed E-state index contributed by atoms with van der Waals surface area (Å²) in [6.45, 7) is 2.15. The number of hydrogen-bond donors (Lipinski definition) is 0. The average molecular weight is 263 g/mol. The van der Waals surface area contributed by atoms with Gasteiger partial charge in [0.2, 0.25) is 0 Å². The Bertz CT molecular complexity index is 644. The standard InChI is InChI=1S/C18H19N2/c1-15-19(2)13-14-20(15)18(16-9-5-3-6-10-16)17-11-7-4-8-12-17/h3-14,18H,1-2H3/q+1. The molecule has 1 aromatic heterocycles. The molecule has 20 heavy (non-hydrogen) atoms. The largest absolute Gasteiger partial charge is 0.253 e. The van der Waals surface area contributed by atoms with E-state index in [1.807, 2.05) is 0 Å². The second-order valence-corrected chi connectivity index (χ2v) is 5.09. The molecule has 100 valence electrons. The van der Waals surface area contributed by atoms with Crippen LogP contribution in [0.2, 0.25) is 0 Å². The van der Waals surface area contributed by atoms with Gasteiger partial charge in [-0.1, -0.05) is 60.7 Å². The second kappa shape index (κ2) is 5.33. The van der Waals surface area contributed by atoms with Crippen molar-refractivity contribution >= 4 is 0 Å². The van der Waals surface area contributed by atoms with Crippen LogP contribution in [-0.4, -0.2) is 4.57 Å². The smallest absolute Gasteiger partial charge is 0.237 e. The molecule has 2 heteroatoms. The van der Waals surface area contributed by atoms with E-state index in [0.717, 1.165) is 0 Å². The fourth-order valence-electron chi connectivity index (χ4n) is 2.63. The van der Waals surface area contributed by atoms with Gasteiger partial charge in [-0.05, 0) is 0 Å². The fourth-order valence-corrected chi connectivity index (χ4v) is 2.63. The molecule has 3 rings (SSSR count). The molecule has 0 amide bonds. The Kier molecular flexibility index (Phi) is 3.38. The predicted molar refractivity (Wildman–Crippen MR) is 80.5 cm³/mol. The molecule has 0 radical (unpaired) electrons. The lowest BCUT2D eigenvalue weighted by Gasteiger charge is -2.16. The molecule has 2 aromatic carbocycles. The van der Waals surface area contributed by atoms with E-state index in [1.54, 1.807) is 0 Å². The summed E-state index contributed by atoms with van der Waals surface area (Å²) >= 11 is 0. The van der Waals surface area contributed by atoms with Gasteiger partial charge in [-0.2, -0.15) is 0 Å². The van der Waals surface area contributed by atoms with E-state index < -0.39 is 0 Å². The molecule has 1 heterocycles. The summed E-state index contributed by atoms with van der Waals surface area (Å²) in [5.41, 5.74) is 2.61. The molecular formula is C18H19N2+. The van der Waals surface area contributed by atoms with Crippen LogP contribution in [0.4, 0.5) is 0 Å². The highest BCUT2D eigenvalue weighted by atomic mass is 15.1. The van der Waals surface area contributed by atoms with E-state index in [0.29, 0.717) is 0 Å². The normalized spacial score (nSPS) is 10.9. The van der Waals surface area contributed by atoms with E-state index in [2.05, 4.69) is 96.2 Å². The number of imidazole rings is 1. The summed E-state index contributed by atoms with van der Waals surface area (Å²) in [7, 11) is 2.08. The SMILES string of the molecule is Cc1n(C(c2ccccc2)c2ccccc2)cc[n+]1C. The van der Waals surface area contributed by atoms with Crippen LogP contribution in [0.5, 0.6) is 0 Å². The summed E-state index contributed by atoms with van der Waals surface area (Å²) < 4.78 is 4.48. The lowest BCUT2D eigenvalue weighted by molar-refractivity contribution is -0.677. The van der Waals surface area contributed by atoms with Crippen LogP contribution in [0.1, 0.15) is 23.0 Å². The Morgan fingerprint density at radius 1 is 0.850 bits per heavy atom. The monoisotopic (exact) mass is 263 g/mol. The minimum Gasteiger partial charge on any atom is -0.237 e. The first-order valence-electron chi connectivity index (χ1n) is 6.90. The van der Waals surface area contributed by atoms with Crippen LogP contribution in [0, 0.1) is 6.92 Å². The molecule has 0 aliphatic rings. The quantitative estimate of drug-likeness (QED) is 0.641. The van der Waals surface area contributed by atoms with Gasteiger partial charge in [0.15, 0.2) is 6.04 Å². The lowest BCUT2D eigenvalue weighted by Crippen LogP contribution is -2.30. The molecule has 0 aliphatic heterocycles. The highest BCUT2D eigenvalue weighted by Gasteiger charge is 2.23. The minimum atomic E-state index is 0.221. The number of aryl methyl sites for hydroxylation is 1. The van der Waals surface area contributed by atoms with E-state index in [9.17, 15) is 0 Å². The van der Waals surface area contributed by atoms with Crippen molar-refractivity contribution < 1.29 is 4.57 Å². The van der Waals surface area contributed by atoms with Crippen molar-refractivity contribution in [2.75, 3.05) is 0 Å². The highest BCUT2D eigenvalue weighted by Crippen LogP contribution is 2.26. The molecule has 3 aromatic rings. The molecule has 0 unspecified atom stereocenters. The van der Waals surface area contributed by atoms with Gasteiger partial charge in [-0.25, -0.2) is 9.13 Å². The van der Waals surface area contributed by atoms with Crippen LogP contribution < -0.4 is 4.57 Å². The van der Waals surface area contributed by atoms with E-state index >= 15 is 0 Å². The molecule has 0 saturated carbocycles. The molecule has 0 fully saturated rings. The van der Waals surface area contributed by atoms with Crippen molar-refractivity contribution in [1.29, 1.82) is 0 Å². The van der Waals surface area contributed by atoms with Crippen LogP contribution in [-0.2, 0) is 7.05 Å². The maximum atomic E-state index is 2.32. The minimum absolute atomic E-state index is 0.221. The van der Waals surface area contributed by atoms with E-state index in [-0.39, 0.29) is 6.04 Å². The Balaban J connectivity index is 2.17. The third kappa shape index (κ3) is 2.25. The van der Waals surface area contributed by atoms with Crippen molar-refractivity contribution in [3.63, 3.8) is 0 Å². The first-order chi connectivity index (χ1) is 9.77. The zero-order valence-electron chi connectivity index (χ0n) is 11.9. The van der Waals surface area contributed by atoms with Crippen LogP contribution in [0.3, 0.4) is 0 Å². The molecule has 0 atom stereocenters. The van der Waals surface area contributed by atoms with Gasteiger partial charge in [-0.15, -0.1) is 0 Å². The maximum absolute atomic E-state index is 2.32. The maximum Gasteiger partial charge on any atom is 0.253 e. The summed E-state index contributed by atoms with van der Waals surface area (Å²) in [6.07, 6.45) is 4.26. The van der Waals surface area contributed by atoms with Crippen LogP contribution in [0.15, 0.2) is 73.1 Å². The molecular weight excluding hydrogens is 244 g/mol. The topological polar surface area (TPSA) is 8.81 Å². The highest BCUT2D eigenvalue weighted by molar-refractivity contribution is 5.32. The first kappa shape index (κ1) is 12.7. The molecule has 2 nitrogen and oxygen atoms in total. The zero-order valence-corrected chi connectivity index (χ0v) is 11.9. The van der Waals surface area contributed by atoms with Crippen LogP contribution >= 0.6 is 0 Å². The number of rotatable bonds is 3. The Morgan fingerprint density at radius 2 is 1.35 bits per heavy atom. The fraction of sp³-hybridized carbons (Fsp3) is 0.167. The molecule has 0 bridgehead atoms. The van der Waals surface area contributed by atoms with Crippen molar-refractivity contribution in [3.05, 3.63) is 90.0 Å². The summed E-state index contributed by atoms with van der Waals surface area (Å²) in [5, 5.41) is 0. The zero-order chi connectivity index (χ0) is 13.9. The van der Waals surface area contributed by atoms with Crippen molar-refractivity contribution in [2.24, 2.45) is 7.05 Å². The number of benzene rings is 2.